The second kappa shape index (κ2) is 4.76. The van der Waals surface area contributed by atoms with E-state index in [0.29, 0.717) is 5.16 Å². The van der Waals surface area contributed by atoms with Gasteiger partial charge in [0.25, 0.3) is 0 Å². The van der Waals surface area contributed by atoms with Crippen molar-refractivity contribution in [3.05, 3.63) is 6.33 Å². The molecule has 1 atom stereocenters. The second-order valence-corrected chi connectivity index (χ2v) is 5.97. The number of nitrogens with zero attached hydrogens (tertiary/aromatic N) is 4. The van der Waals surface area contributed by atoms with Crippen molar-refractivity contribution < 1.29 is 17.1 Å². The van der Waals surface area contributed by atoms with Crippen LogP contribution in [0, 0.1) is 0 Å². The molecule has 0 saturated carbocycles. The molecule has 0 radical (unpaired) electrons. The first-order valence-electron chi connectivity index (χ1n) is 4.88. The number of hydrogen-bond acceptors (Lipinski definition) is 7. The third kappa shape index (κ3) is 2.58. The van der Waals surface area contributed by atoms with Gasteiger partial charge in [0.05, 0.1) is 0 Å². The van der Waals surface area contributed by atoms with E-state index in [4.69, 9.17) is 0 Å². The van der Waals surface area contributed by atoms with E-state index in [9.17, 15) is 17.1 Å². The molecule has 1 saturated heterocycles. The molecule has 1 aromatic heterocycles. The molecular weight excluding hydrogens is 283 g/mol. The number of halogens is 1. The molecule has 0 spiro atoms. The van der Waals surface area contributed by atoms with Crippen LogP contribution in [0.25, 0.3) is 0 Å². The topological polar surface area (TPSA) is 93.1 Å². The van der Waals surface area contributed by atoms with Crippen molar-refractivity contribution in [3.63, 3.8) is 0 Å². The molecule has 1 fully saturated rings. The molecule has 10 heteroatoms. The molecule has 1 aromatic rings. The Hall–Kier alpha value is -1.29. The molecule has 0 N–H and O–H groups in total. The van der Waals surface area contributed by atoms with E-state index in [1.54, 1.807) is 6.26 Å². The lowest BCUT2D eigenvalue weighted by Gasteiger charge is -2.13. The van der Waals surface area contributed by atoms with E-state index in [1.807, 2.05) is 0 Å². The minimum absolute atomic E-state index is 0.0468. The Morgan fingerprint density at radius 3 is 2.78 bits per heavy atom. The lowest BCUT2D eigenvalue weighted by Crippen LogP contribution is -2.28. The Balaban J connectivity index is 2.27. The number of amides is 1. The Kier molecular flexibility index (Phi) is 3.48. The third-order valence-corrected chi connectivity index (χ3v) is 4.12. The predicted molar refractivity (Wildman–Crippen MR) is 62.4 cm³/mol. The number of aromatic nitrogens is 3. The maximum atomic E-state index is 12.8. The van der Waals surface area contributed by atoms with Crippen molar-refractivity contribution in [3.8, 4) is 0 Å². The minimum Gasteiger partial charge on any atom is -0.279 e. The van der Waals surface area contributed by atoms with Crippen LogP contribution in [-0.2, 0) is 15.0 Å². The van der Waals surface area contributed by atoms with E-state index in [2.05, 4.69) is 15.0 Å². The van der Waals surface area contributed by atoms with E-state index >= 15 is 0 Å². The van der Waals surface area contributed by atoms with Crippen LogP contribution < -0.4 is 4.90 Å². The second-order valence-electron chi connectivity index (χ2n) is 3.58. The molecule has 2 rings (SSSR count). The number of hydrogen-bond donors (Lipinski definition) is 0. The van der Waals surface area contributed by atoms with Gasteiger partial charge in [0.2, 0.25) is 11.9 Å². The molecule has 18 heavy (non-hydrogen) atoms. The van der Waals surface area contributed by atoms with Crippen LogP contribution in [0.4, 0.5) is 9.83 Å². The summed E-state index contributed by atoms with van der Waals surface area (Å²) in [5.74, 6) is -0.468. The Morgan fingerprint density at radius 1 is 1.50 bits per heavy atom. The van der Waals surface area contributed by atoms with Gasteiger partial charge in [-0.3, -0.25) is 9.69 Å². The van der Waals surface area contributed by atoms with Gasteiger partial charge in [0, 0.05) is 13.0 Å². The third-order valence-electron chi connectivity index (χ3n) is 2.45. The molecular formula is C8H9FN4O3S2. The highest BCUT2D eigenvalue weighted by molar-refractivity contribution is 7.98. The fourth-order valence-electron chi connectivity index (χ4n) is 1.56. The lowest BCUT2D eigenvalue weighted by molar-refractivity contribution is -0.117. The number of anilines is 1. The van der Waals surface area contributed by atoms with Crippen LogP contribution in [0.15, 0.2) is 11.5 Å². The van der Waals surface area contributed by atoms with Crippen LogP contribution in [0.3, 0.4) is 0 Å². The van der Waals surface area contributed by atoms with E-state index in [-0.39, 0.29) is 18.9 Å². The first-order chi connectivity index (χ1) is 8.41. The number of rotatable bonds is 3. The highest BCUT2D eigenvalue weighted by atomic mass is 32.3. The van der Waals surface area contributed by atoms with Crippen molar-refractivity contribution in [2.24, 2.45) is 0 Å². The molecule has 0 aromatic carbocycles. The first kappa shape index (κ1) is 13.1. The van der Waals surface area contributed by atoms with Crippen LogP contribution >= 0.6 is 11.8 Å². The molecule has 1 amide bonds. The van der Waals surface area contributed by atoms with E-state index < -0.39 is 21.4 Å². The molecule has 1 aliphatic rings. The maximum absolute atomic E-state index is 12.8. The molecule has 1 unspecified atom stereocenters. The zero-order chi connectivity index (χ0) is 13.3. The van der Waals surface area contributed by atoms with Crippen LogP contribution in [0.5, 0.6) is 0 Å². The van der Waals surface area contributed by atoms with Crippen molar-refractivity contribution in [1.29, 1.82) is 0 Å². The summed E-state index contributed by atoms with van der Waals surface area (Å²) in [6, 6.07) is 0. The lowest BCUT2D eigenvalue weighted by atomic mass is 10.4. The summed E-state index contributed by atoms with van der Waals surface area (Å²) < 4.78 is 34.4. The van der Waals surface area contributed by atoms with Crippen molar-refractivity contribution in [2.75, 3.05) is 17.7 Å². The van der Waals surface area contributed by atoms with Gasteiger partial charge in [-0.05, 0) is 6.26 Å². The average molecular weight is 292 g/mol. The van der Waals surface area contributed by atoms with Gasteiger partial charge in [0.1, 0.15) is 11.6 Å². The van der Waals surface area contributed by atoms with Crippen molar-refractivity contribution in [1.82, 2.24) is 15.0 Å². The van der Waals surface area contributed by atoms with Gasteiger partial charge < -0.3 is 0 Å². The van der Waals surface area contributed by atoms with Gasteiger partial charge in [-0.1, -0.05) is 11.8 Å². The van der Waals surface area contributed by atoms with Crippen molar-refractivity contribution >= 4 is 33.8 Å². The standard InChI is InChI=1S/C8H9FN4O3S2/c1-17-8-11-4-10-7(12-8)13-3-5(2-6(13)14)18(9,15)16/h4-5H,2-3H2,1H3. The summed E-state index contributed by atoms with van der Waals surface area (Å²) in [4.78, 5) is 24.3. The summed E-state index contributed by atoms with van der Waals surface area (Å²) in [5, 5.41) is -0.946. The highest BCUT2D eigenvalue weighted by Crippen LogP contribution is 2.23. The molecule has 0 aliphatic carbocycles. The molecule has 0 bridgehead atoms. The van der Waals surface area contributed by atoms with Crippen molar-refractivity contribution in [2.45, 2.75) is 16.8 Å². The van der Waals surface area contributed by atoms with Gasteiger partial charge in [-0.2, -0.15) is 13.4 Å². The van der Waals surface area contributed by atoms with Crippen LogP contribution in [0.1, 0.15) is 6.42 Å². The van der Waals surface area contributed by atoms with Gasteiger partial charge in [-0.25, -0.2) is 9.97 Å². The zero-order valence-corrected chi connectivity index (χ0v) is 10.9. The fourth-order valence-corrected chi connectivity index (χ4v) is 2.55. The van der Waals surface area contributed by atoms with Gasteiger partial charge in [-0.15, -0.1) is 3.89 Å². The number of thioether (sulfide) groups is 1. The largest absolute Gasteiger partial charge is 0.307 e. The number of carbonyl (C=O) groups is 1. The summed E-state index contributed by atoms with van der Waals surface area (Å²) in [6.07, 6.45) is 2.58. The zero-order valence-electron chi connectivity index (χ0n) is 9.28. The van der Waals surface area contributed by atoms with Crippen LogP contribution in [-0.4, -0.2) is 47.3 Å². The predicted octanol–water partition coefficient (Wildman–Crippen LogP) is -0.00190. The quantitative estimate of drug-likeness (QED) is 0.571. The maximum Gasteiger partial charge on any atom is 0.307 e. The molecule has 1 aliphatic heterocycles. The summed E-state index contributed by atoms with van der Waals surface area (Å²) >= 11 is 1.26. The first-order valence-corrected chi connectivity index (χ1v) is 7.56. The normalized spacial score (nSPS) is 20.4. The molecule has 2 heterocycles. The Labute approximate surface area is 107 Å². The minimum atomic E-state index is -4.73. The van der Waals surface area contributed by atoms with Gasteiger partial charge in [0.15, 0.2) is 5.16 Å². The Bertz CT molecular complexity index is 579. The Morgan fingerprint density at radius 2 is 2.22 bits per heavy atom. The molecule has 7 nitrogen and oxygen atoms in total. The SMILES string of the molecule is CSc1ncnc(N2CC(S(=O)(=O)F)CC2=O)n1. The van der Waals surface area contributed by atoms with E-state index in [1.165, 1.54) is 18.1 Å². The number of carbonyl (C=O) groups excluding carboxylic acids is 1. The summed E-state index contributed by atoms with van der Waals surface area (Å²) in [7, 11) is -4.73. The average Bonchev–Trinajstić information content (AvgIpc) is 2.71. The van der Waals surface area contributed by atoms with E-state index in [0.717, 1.165) is 4.90 Å². The van der Waals surface area contributed by atoms with Crippen LogP contribution in [0.2, 0.25) is 0 Å². The highest BCUT2D eigenvalue weighted by Gasteiger charge is 2.40. The smallest absolute Gasteiger partial charge is 0.279 e. The summed E-state index contributed by atoms with van der Waals surface area (Å²) in [6.45, 7) is -0.268. The summed E-state index contributed by atoms with van der Waals surface area (Å²) in [5.41, 5.74) is 0. The van der Waals surface area contributed by atoms with Gasteiger partial charge >= 0.3 is 10.2 Å². The monoisotopic (exact) mass is 292 g/mol. The molecule has 98 valence electrons. The fraction of sp³-hybridized carbons (Fsp3) is 0.500.